The summed E-state index contributed by atoms with van der Waals surface area (Å²) in [6.07, 6.45) is 35.1. The van der Waals surface area contributed by atoms with E-state index in [0.717, 1.165) is 38.5 Å². The quantitative estimate of drug-likeness (QED) is 0.0308. The van der Waals surface area contributed by atoms with Gasteiger partial charge in [-0.25, -0.2) is 4.57 Å². The van der Waals surface area contributed by atoms with Crippen molar-refractivity contribution in [3.8, 4) is 0 Å². The third-order valence-corrected chi connectivity index (χ3v) is 9.01. The van der Waals surface area contributed by atoms with Crippen LogP contribution in [0.2, 0.25) is 0 Å². The molecule has 8 nitrogen and oxygen atoms in total. The van der Waals surface area contributed by atoms with Crippen molar-refractivity contribution in [3.63, 3.8) is 0 Å². The molecule has 0 bridgehead atoms. The number of aliphatic hydroxyl groups excluding tert-OH is 1. The van der Waals surface area contributed by atoms with Crippen LogP contribution in [0.5, 0.6) is 0 Å². The lowest BCUT2D eigenvalue weighted by Crippen LogP contribution is -2.45. The number of unbranched alkanes of at least 4 members (excludes halogenated alkanes) is 20. The first-order chi connectivity index (χ1) is 21.9. The monoisotopic (exact) mass is 659 g/mol. The average Bonchev–Trinajstić information content (AvgIpc) is 3.02. The minimum absolute atomic E-state index is 0.0755. The largest absolute Gasteiger partial charge is 0.472 e. The lowest BCUT2D eigenvalue weighted by Gasteiger charge is -2.23. The van der Waals surface area contributed by atoms with E-state index in [2.05, 4.69) is 31.3 Å². The number of nitrogens with two attached hydrogens (primary N) is 1. The zero-order valence-corrected chi connectivity index (χ0v) is 30.0. The van der Waals surface area contributed by atoms with Gasteiger partial charge in [-0.15, -0.1) is 0 Å². The fourth-order valence-electron chi connectivity index (χ4n) is 5.20. The van der Waals surface area contributed by atoms with Crippen LogP contribution in [-0.2, 0) is 18.4 Å². The maximum absolute atomic E-state index is 12.6. The molecule has 0 saturated carbocycles. The molecule has 0 aromatic heterocycles. The zero-order valence-electron chi connectivity index (χ0n) is 29.1. The minimum Gasteiger partial charge on any atom is -0.387 e. The van der Waals surface area contributed by atoms with Gasteiger partial charge in [-0.1, -0.05) is 154 Å². The van der Waals surface area contributed by atoms with Gasteiger partial charge >= 0.3 is 7.82 Å². The summed E-state index contributed by atoms with van der Waals surface area (Å²) in [6, 6.07) is -0.870. The van der Waals surface area contributed by atoms with Gasteiger partial charge in [0.25, 0.3) is 0 Å². The first-order valence-corrected chi connectivity index (χ1v) is 20.0. The van der Waals surface area contributed by atoms with Crippen molar-refractivity contribution in [2.75, 3.05) is 19.8 Å². The number of aliphatic hydroxyl groups is 1. The molecule has 0 aromatic carbocycles. The van der Waals surface area contributed by atoms with Gasteiger partial charge in [-0.3, -0.25) is 13.8 Å². The Kier molecular flexibility index (Phi) is 32.2. The van der Waals surface area contributed by atoms with Gasteiger partial charge in [0.15, 0.2) is 0 Å². The van der Waals surface area contributed by atoms with Crippen LogP contribution in [0.4, 0.5) is 0 Å². The third-order valence-electron chi connectivity index (χ3n) is 8.03. The van der Waals surface area contributed by atoms with Crippen molar-refractivity contribution < 1.29 is 28.4 Å². The van der Waals surface area contributed by atoms with E-state index < -0.39 is 20.0 Å². The normalized spacial score (nSPS) is 14.7. The molecular weight excluding hydrogens is 587 g/mol. The number of allylic oxidation sites excluding steroid dienone is 3. The third kappa shape index (κ3) is 31.4. The Morgan fingerprint density at radius 3 is 1.71 bits per heavy atom. The Hall–Kier alpha value is -1.02. The second-order valence-corrected chi connectivity index (χ2v) is 13.9. The van der Waals surface area contributed by atoms with Gasteiger partial charge in [0, 0.05) is 13.0 Å². The predicted octanol–water partition coefficient (Wildman–Crippen LogP) is 9.44. The number of carbonyl (C=O) groups is 1. The summed E-state index contributed by atoms with van der Waals surface area (Å²) in [5.74, 6) is -0.206. The van der Waals surface area contributed by atoms with Crippen molar-refractivity contribution in [2.45, 2.75) is 180 Å². The zero-order chi connectivity index (χ0) is 33.3. The summed E-state index contributed by atoms with van der Waals surface area (Å²) in [5.41, 5.74) is 5.34. The Bertz CT molecular complexity index is 764. The maximum atomic E-state index is 12.6. The highest BCUT2D eigenvalue weighted by Gasteiger charge is 2.26. The Labute approximate surface area is 277 Å². The van der Waals surface area contributed by atoms with Crippen molar-refractivity contribution in [1.82, 2.24) is 5.32 Å². The van der Waals surface area contributed by atoms with Crippen LogP contribution in [-0.4, -0.2) is 47.8 Å². The number of rotatable bonds is 34. The SMILES string of the molecule is CCCCCCCCCC/C=C/CC/C=C/C(O)C(COP(=O)(O)OCCN)NC(=O)CCCCCCCCCCCCCC. The number of amides is 1. The van der Waals surface area contributed by atoms with E-state index >= 15 is 0 Å². The fraction of sp³-hybridized carbons (Fsp3) is 0.861. The van der Waals surface area contributed by atoms with E-state index in [-0.39, 0.29) is 25.7 Å². The van der Waals surface area contributed by atoms with Crippen LogP contribution in [0.15, 0.2) is 24.3 Å². The molecule has 0 rings (SSSR count). The van der Waals surface area contributed by atoms with E-state index in [1.54, 1.807) is 6.08 Å². The van der Waals surface area contributed by atoms with Crippen molar-refractivity contribution in [2.24, 2.45) is 5.73 Å². The number of phosphoric acid groups is 1. The molecule has 266 valence electrons. The van der Waals surface area contributed by atoms with Crippen LogP contribution >= 0.6 is 7.82 Å². The van der Waals surface area contributed by atoms with Gasteiger partial charge in [0.05, 0.1) is 25.4 Å². The highest BCUT2D eigenvalue weighted by molar-refractivity contribution is 7.47. The molecule has 0 heterocycles. The first-order valence-electron chi connectivity index (χ1n) is 18.5. The summed E-state index contributed by atoms with van der Waals surface area (Å²) >= 11 is 0. The van der Waals surface area contributed by atoms with Crippen molar-refractivity contribution in [1.29, 1.82) is 0 Å². The van der Waals surface area contributed by atoms with E-state index in [1.807, 2.05) is 6.08 Å². The molecule has 0 aromatic rings. The van der Waals surface area contributed by atoms with E-state index in [9.17, 15) is 19.4 Å². The van der Waals surface area contributed by atoms with Crippen LogP contribution in [0.25, 0.3) is 0 Å². The van der Waals surface area contributed by atoms with Gasteiger partial charge < -0.3 is 21.1 Å². The summed E-state index contributed by atoms with van der Waals surface area (Å²) in [5, 5.41) is 13.6. The Morgan fingerprint density at radius 2 is 1.18 bits per heavy atom. The number of hydrogen-bond acceptors (Lipinski definition) is 6. The standard InChI is InChI=1S/C36H71N2O6P/c1-3-5-7-9-11-13-15-17-18-19-21-23-25-27-29-35(39)34(33-44-45(41,42)43-32-31-37)38-36(40)30-28-26-24-22-20-16-14-12-10-8-6-4-2/h19,21,27,29,34-35,39H,3-18,20,22-26,28,30-33,37H2,1-2H3,(H,38,40)(H,41,42)/b21-19+,29-27+. The smallest absolute Gasteiger partial charge is 0.387 e. The maximum Gasteiger partial charge on any atom is 0.472 e. The minimum atomic E-state index is -4.33. The van der Waals surface area contributed by atoms with Crippen LogP contribution in [0.3, 0.4) is 0 Å². The molecule has 45 heavy (non-hydrogen) atoms. The number of nitrogens with one attached hydrogen (secondary N) is 1. The molecule has 0 aliphatic heterocycles. The lowest BCUT2D eigenvalue weighted by molar-refractivity contribution is -0.123. The molecule has 3 atom stereocenters. The topological polar surface area (TPSA) is 131 Å². The number of carbonyl (C=O) groups excluding carboxylic acids is 1. The molecule has 0 spiro atoms. The first kappa shape index (κ1) is 44.0. The van der Waals surface area contributed by atoms with Gasteiger partial charge in [-0.05, 0) is 32.1 Å². The molecule has 3 unspecified atom stereocenters. The molecule has 0 aliphatic rings. The number of phosphoric ester groups is 1. The van der Waals surface area contributed by atoms with Crippen molar-refractivity contribution in [3.05, 3.63) is 24.3 Å². The highest BCUT2D eigenvalue weighted by Crippen LogP contribution is 2.43. The molecular formula is C36H71N2O6P. The molecule has 0 aliphatic carbocycles. The van der Waals surface area contributed by atoms with Crippen molar-refractivity contribution >= 4 is 13.7 Å². The van der Waals surface area contributed by atoms with Gasteiger partial charge in [-0.2, -0.15) is 0 Å². The lowest BCUT2D eigenvalue weighted by atomic mass is 10.0. The summed E-state index contributed by atoms with van der Waals surface area (Å²) < 4.78 is 22.0. The highest BCUT2D eigenvalue weighted by atomic mass is 31.2. The molecule has 5 N–H and O–H groups in total. The van der Waals surface area contributed by atoms with E-state index in [4.69, 9.17) is 14.8 Å². The van der Waals surface area contributed by atoms with Crippen LogP contribution in [0, 0.1) is 0 Å². The fourth-order valence-corrected chi connectivity index (χ4v) is 5.96. The summed E-state index contributed by atoms with van der Waals surface area (Å²) in [6.45, 7) is 4.09. The molecule has 9 heteroatoms. The summed E-state index contributed by atoms with van der Waals surface area (Å²) in [7, 11) is -4.33. The van der Waals surface area contributed by atoms with Gasteiger partial charge in [0.2, 0.25) is 5.91 Å². The predicted molar refractivity (Wildman–Crippen MR) is 189 cm³/mol. The van der Waals surface area contributed by atoms with Crippen LogP contribution < -0.4 is 11.1 Å². The molecule has 0 saturated heterocycles. The molecule has 0 radical (unpaired) electrons. The molecule has 0 fully saturated rings. The second-order valence-electron chi connectivity index (χ2n) is 12.4. The average molecular weight is 659 g/mol. The Morgan fingerprint density at radius 1 is 0.711 bits per heavy atom. The number of hydrogen-bond donors (Lipinski definition) is 4. The van der Waals surface area contributed by atoms with Crippen LogP contribution in [0.1, 0.15) is 168 Å². The van der Waals surface area contributed by atoms with E-state index in [0.29, 0.717) is 6.42 Å². The van der Waals surface area contributed by atoms with Gasteiger partial charge in [0.1, 0.15) is 0 Å². The second kappa shape index (κ2) is 32.9. The molecule has 1 amide bonds. The van der Waals surface area contributed by atoms with E-state index in [1.165, 1.54) is 109 Å². The summed E-state index contributed by atoms with van der Waals surface area (Å²) in [4.78, 5) is 22.5. The Balaban J connectivity index is 4.39.